The Morgan fingerprint density at radius 3 is 2.82 bits per heavy atom. The highest BCUT2D eigenvalue weighted by Gasteiger charge is 2.17. The van der Waals surface area contributed by atoms with Gasteiger partial charge in [0.1, 0.15) is 0 Å². The monoisotopic (exact) mass is 294 g/mol. The van der Waals surface area contributed by atoms with Gasteiger partial charge in [-0.2, -0.15) is 0 Å². The van der Waals surface area contributed by atoms with Crippen molar-refractivity contribution in [2.75, 3.05) is 0 Å². The van der Waals surface area contributed by atoms with Crippen LogP contribution in [-0.2, 0) is 0 Å². The molecule has 0 saturated heterocycles. The lowest BCUT2D eigenvalue weighted by atomic mass is 10.0. The molecule has 1 atom stereocenters. The van der Waals surface area contributed by atoms with Crippen molar-refractivity contribution in [2.45, 2.75) is 26.8 Å². The minimum Gasteiger partial charge on any atom is -0.342 e. The number of aryl methyl sites for hydroxylation is 2. The fourth-order valence-corrected chi connectivity index (χ4v) is 2.47. The number of hydrogen-bond acceptors (Lipinski definition) is 3. The van der Waals surface area contributed by atoms with Gasteiger partial charge in [0.15, 0.2) is 11.5 Å². The second-order valence-corrected chi connectivity index (χ2v) is 5.50. The second kappa shape index (κ2) is 5.60. The van der Waals surface area contributed by atoms with E-state index in [2.05, 4.69) is 15.5 Å². The lowest BCUT2D eigenvalue weighted by Gasteiger charge is -2.14. The van der Waals surface area contributed by atoms with Crippen LogP contribution in [0.3, 0.4) is 0 Å². The Balaban J connectivity index is 1.86. The number of fused-ring (bicyclic) bond motifs is 1. The van der Waals surface area contributed by atoms with Gasteiger partial charge in [0.05, 0.1) is 6.04 Å². The fourth-order valence-electron chi connectivity index (χ4n) is 2.47. The molecule has 0 aliphatic carbocycles. The van der Waals surface area contributed by atoms with Crippen LogP contribution in [0.1, 0.15) is 40.3 Å². The standard InChI is InChI=1S/C17H18N4O/c1-11-7-8-12(2)14(10-11)17(22)18-13(3)16-20-19-15-6-4-5-9-21(15)16/h4-10,13H,1-3H3,(H,18,22). The van der Waals surface area contributed by atoms with Crippen molar-refractivity contribution in [1.82, 2.24) is 19.9 Å². The molecule has 1 unspecified atom stereocenters. The first-order valence-electron chi connectivity index (χ1n) is 7.24. The molecule has 5 heteroatoms. The molecule has 0 aliphatic heterocycles. The Morgan fingerprint density at radius 1 is 1.18 bits per heavy atom. The quantitative estimate of drug-likeness (QED) is 0.808. The normalized spacial score (nSPS) is 12.3. The predicted octanol–water partition coefficient (Wildman–Crippen LogP) is 2.84. The van der Waals surface area contributed by atoms with Gasteiger partial charge in [0.2, 0.25) is 0 Å². The Labute approximate surface area is 129 Å². The average molecular weight is 294 g/mol. The third-order valence-corrected chi connectivity index (χ3v) is 3.71. The molecule has 0 spiro atoms. The zero-order valence-electron chi connectivity index (χ0n) is 12.9. The van der Waals surface area contributed by atoms with Crippen molar-refractivity contribution in [2.24, 2.45) is 0 Å². The SMILES string of the molecule is Cc1ccc(C)c(C(=O)NC(C)c2nnc3ccccn23)c1. The highest BCUT2D eigenvalue weighted by atomic mass is 16.1. The Bertz CT molecular complexity index is 838. The molecule has 0 bridgehead atoms. The van der Waals surface area contributed by atoms with Crippen LogP contribution in [0.5, 0.6) is 0 Å². The van der Waals surface area contributed by atoms with Crippen molar-refractivity contribution >= 4 is 11.6 Å². The van der Waals surface area contributed by atoms with Crippen LogP contribution in [0.25, 0.3) is 5.65 Å². The number of aromatic nitrogens is 3. The van der Waals surface area contributed by atoms with Gasteiger partial charge in [-0.05, 0) is 44.5 Å². The third kappa shape index (κ3) is 2.57. The first-order chi connectivity index (χ1) is 10.6. The molecule has 2 heterocycles. The summed E-state index contributed by atoms with van der Waals surface area (Å²) in [5, 5.41) is 11.3. The lowest BCUT2D eigenvalue weighted by molar-refractivity contribution is 0.0937. The summed E-state index contributed by atoms with van der Waals surface area (Å²) >= 11 is 0. The molecule has 0 saturated carbocycles. The minimum atomic E-state index is -0.232. The van der Waals surface area contributed by atoms with Gasteiger partial charge in [-0.3, -0.25) is 9.20 Å². The van der Waals surface area contributed by atoms with Gasteiger partial charge in [-0.15, -0.1) is 10.2 Å². The van der Waals surface area contributed by atoms with Gasteiger partial charge in [0, 0.05) is 11.8 Å². The lowest BCUT2D eigenvalue weighted by Crippen LogP contribution is -2.28. The summed E-state index contributed by atoms with van der Waals surface area (Å²) in [5.41, 5.74) is 3.49. The summed E-state index contributed by atoms with van der Waals surface area (Å²) in [7, 11) is 0. The van der Waals surface area contributed by atoms with E-state index in [4.69, 9.17) is 0 Å². The number of carbonyl (C=O) groups excluding carboxylic acids is 1. The number of nitrogens with one attached hydrogen (secondary N) is 1. The van der Waals surface area contributed by atoms with Crippen LogP contribution in [0.15, 0.2) is 42.6 Å². The maximum atomic E-state index is 12.5. The van der Waals surface area contributed by atoms with Gasteiger partial charge in [-0.25, -0.2) is 0 Å². The number of hydrogen-bond donors (Lipinski definition) is 1. The largest absolute Gasteiger partial charge is 0.342 e. The summed E-state index contributed by atoms with van der Waals surface area (Å²) in [6.07, 6.45) is 1.89. The van der Waals surface area contributed by atoms with E-state index < -0.39 is 0 Å². The maximum Gasteiger partial charge on any atom is 0.252 e. The summed E-state index contributed by atoms with van der Waals surface area (Å²) < 4.78 is 1.88. The van der Waals surface area contributed by atoms with Crippen molar-refractivity contribution < 1.29 is 4.79 Å². The van der Waals surface area contributed by atoms with Crippen LogP contribution in [0.4, 0.5) is 0 Å². The third-order valence-electron chi connectivity index (χ3n) is 3.71. The maximum absolute atomic E-state index is 12.5. The molecule has 2 aromatic heterocycles. The molecule has 1 N–H and O–H groups in total. The molecule has 22 heavy (non-hydrogen) atoms. The summed E-state index contributed by atoms with van der Waals surface area (Å²) in [4.78, 5) is 12.5. The van der Waals surface area contributed by atoms with E-state index in [0.717, 1.165) is 16.8 Å². The van der Waals surface area contributed by atoms with Crippen LogP contribution in [0.2, 0.25) is 0 Å². The van der Waals surface area contributed by atoms with E-state index in [1.807, 2.05) is 67.8 Å². The van der Waals surface area contributed by atoms with E-state index in [-0.39, 0.29) is 11.9 Å². The number of amides is 1. The average Bonchev–Trinajstić information content (AvgIpc) is 2.93. The topological polar surface area (TPSA) is 59.3 Å². The molecule has 5 nitrogen and oxygen atoms in total. The van der Waals surface area contributed by atoms with E-state index >= 15 is 0 Å². The first kappa shape index (κ1) is 14.3. The van der Waals surface area contributed by atoms with E-state index in [1.165, 1.54) is 0 Å². The highest BCUT2D eigenvalue weighted by molar-refractivity contribution is 5.96. The highest BCUT2D eigenvalue weighted by Crippen LogP contribution is 2.15. The minimum absolute atomic E-state index is 0.0959. The number of benzene rings is 1. The second-order valence-electron chi connectivity index (χ2n) is 5.50. The molecule has 1 aromatic carbocycles. The van der Waals surface area contributed by atoms with E-state index in [9.17, 15) is 4.79 Å². The molecule has 0 radical (unpaired) electrons. The van der Waals surface area contributed by atoms with Crippen molar-refractivity contribution in [3.05, 3.63) is 65.1 Å². The van der Waals surface area contributed by atoms with Crippen LogP contribution >= 0.6 is 0 Å². The fraction of sp³-hybridized carbons (Fsp3) is 0.235. The van der Waals surface area contributed by atoms with E-state index in [0.29, 0.717) is 11.4 Å². The Morgan fingerprint density at radius 2 is 2.00 bits per heavy atom. The summed E-state index contributed by atoms with van der Waals surface area (Å²) in [6, 6.07) is 11.3. The Kier molecular flexibility index (Phi) is 3.63. The molecule has 3 rings (SSSR count). The van der Waals surface area contributed by atoms with Crippen LogP contribution < -0.4 is 5.32 Å². The molecule has 112 valence electrons. The smallest absolute Gasteiger partial charge is 0.252 e. The number of rotatable bonds is 3. The Hall–Kier alpha value is -2.69. The molecule has 0 aliphatic rings. The van der Waals surface area contributed by atoms with Crippen molar-refractivity contribution in [3.8, 4) is 0 Å². The van der Waals surface area contributed by atoms with Gasteiger partial charge < -0.3 is 5.32 Å². The van der Waals surface area contributed by atoms with E-state index in [1.54, 1.807) is 0 Å². The van der Waals surface area contributed by atoms with Crippen LogP contribution in [-0.4, -0.2) is 20.5 Å². The summed E-state index contributed by atoms with van der Waals surface area (Å²) in [6.45, 7) is 5.82. The van der Waals surface area contributed by atoms with Gasteiger partial charge >= 0.3 is 0 Å². The van der Waals surface area contributed by atoms with Crippen molar-refractivity contribution in [3.63, 3.8) is 0 Å². The van der Waals surface area contributed by atoms with Crippen molar-refractivity contribution in [1.29, 1.82) is 0 Å². The number of pyridine rings is 1. The molecule has 3 aromatic rings. The zero-order valence-corrected chi connectivity index (χ0v) is 12.9. The zero-order chi connectivity index (χ0) is 15.7. The summed E-state index contributed by atoms with van der Waals surface area (Å²) in [5.74, 6) is 0.621. The molecule has 1 amide bonds. The van der Waals surface area contributed by atoms with Gasteiger partial charge in [-0.1, -0.05) is 23.8 Å². The number of nitrogens with zero attached hydrogens (tertiary/aromatic N) is 3. The molecule has 0 fully saturated rings. The first-order valence-corrected chi connectivity index (χ1v) is 7.24. The van der Waals surface area contributed by atoms with Crippen LogP contribution in [0, 0.1) is 13.8 Å². The molecular weight excluding hydrogens is 276 g/mol. The van der Waals surface area contributed by atoms with Gasteiger partial charge in [0.25, 0.3) is 5.91 Å². The number of carbonyl (C=O) groups is 1. The predicted molar refractivity (Wildman–Crippen MR) is 84.8 cm³/mol. The molecular formula is C17H18N4O.